The number of thiazole rings is 1. The number of carboxylic acid groups (broad SMARTS) is 1. The van der Waals surface area contributed by atoms with E-state index >= 15 is 0 Å². The molecule has 0 aliphatic carbocycles. The summed E-state index contributed by atoms with van der Waals surface area (Å²) in [6.07, 6.45) is 0.573. The normalized spacial score (nSPS) is 10.5. The van der Waals surface area contributed by atoms with Gasteiger partial charge in [-0.3, -0.25) is 4.79 Å². The lowest BCUT2D eigenvalue weighted by molar-refractivity contribution is -0.136. The molecule has 0 unspecified atom stereocenters. The number of anilines is 1. The predicted octanol–water partition coefficient (Wildman–Crippen LogP) is 3.45. The van der Waals surface area contributed by atoms with Crippen LogP contribution >= 0.6 is 22.9 Å². The molecule has 0 saturated heterocycles. The summed E-state index contributed by atoms with van der Waals surface area (Å²) in [5.74, 6) is -0.802. The molecule has 106 valence electrons. The average molecular weight is 311 g/mol. The molecule has 0 radical (unpaired) electrons. The largest absolute Gasteiger partial charge is 0.481 e. The molecule has 4 nitrogen and oxygen atoms in total. The third-order valence-electron chi connectivity index (χ3n) is 2.83. The van der Waals surface area contributed by atoms with E-state index in [0.29, 0.717) is 13.0 Å². The Morgan fingerprint density at radius 3 is 2.90 bits per heavy atom. The monoisotopic (exact) mass is 310 g/mol. The van der Waals surface area contributed by atoms with Crippen molar-refractivity contribution in [3.63, 3.8) is 0 Å². The first-order valence-corrected chi connectivity index (χ1v) is 7.43. The Bertz CT molecular complexity index is 600. The number of aromatic nitrogens is 1. The molecule has 2 rings (SSSR count). The Balaban J connectivity index is 2.01. The van der Waals surface area contributed by atoms with Gasteiger partial charge < -0.3 is 10.0 Å². The molecule has 6 heteroatoms. The zero-order valence-electron chi connectivity index (χ0n) is 11.0. The van der Waals surface area contributed by atoms with Gasteiger partial charge in [0, 0.05) is 30.4 Å². The van der Waals surface area contributed by atoms with Gasteiger partial charge >= 0.3 is 5.97 Å². The van der Waals surface area contributed by atoms with E-state index in [-0.39, 0.29) is 6.42 Å². The van der Waals surface area contributed by atoms with E-state index in [1.807, 2.05) is 41.6 Å². The summed E-state index contributed by atoms with van der Waals surface area (Å²) in [5.41, 5.74) is 1.86. The van der Waals surface area contributed by atoms with Crippen molar-refractivity contribution in [1.29, 1.82) is 0 Å². The van der Waals surface area contributed by atoms with E-state index in [9.17, 15) is 4.79 Å². The molecule has 0 atom stereocenters. The first-order chi connectivity index (χ1) is 9.56. The Labute approximate surface area is 126 Å². The first-order valence-electron chi connectivity index (χ1n) is 6.17. The van der Waals surface area contributed by atoms with Crippen LogP contribution in [0.3, 0.4) is 0 Å². The number of hydrogen-bond donors (Lipinski definition) is 1. The van der Waals surface area contributed by atoms with Crippen LogP contribution in [0.25, 0.3) is 0 Å². The van der Waals surface area contributed by atoms with Crippen molar-refractivity contribution in [3.05, 3.63) is 45.9 Å². The molecule has 1 aromatic heterocycles. The number of aryl methyl sites for hydroxylation is 1. The lowest BCUT2D eigenvalue weighted by Gasteiger charge is -2.16. The molecule has 0 fully saturated rings. The maximum absolute atomic E-state index is 10.5. The van der Waals surface area contributed by atoms with Crippen LogP contribution in [0.2, 0.25) is 5.02 Å². The highest BCUT2D eigenvalue weighted by atomic mass is 35.5. The van der Waals surface area contributed by atoms with Crippen molar-refractivity contribution >= 4 is 34.0 Å². The second-order valence-corrected chi connectivity index (χ2v) is 5.71. The van der Waals surface area contributed by atoms with E-state index in [4.69, 9.17) is 16.7 Å². The number of carbonyl (C=O) groups is 1. The minimum atomic E-state index is -0.802. The Morgan fingerprint density at radius 1 is 1.45 bits per heavy atom. The summed E-state index contributed by atoms with van der Waals surface area (Å²) in [6, 6.07) is 7.71. The van der Waals surface area contributed by atoms with Crippen LogP contribution in [0.15, 0.2) is 29.6 Å². The number of hydrogen-bond acceptors (Lipinski definition) is 4. The third-order valence-corrected chi connectivity index (χ3v) is 4.20. The van der Waals surface area contributed by atoms with Crippen molar-refractivity contribution < 1.29 is 9.90 Å². The smallest absolute Gasteiger partial charge is 0.303 e. The highest BCUT2D eigenvalue weighted by Crippen LogP contribution is 2.24. The van der Waals surface area contributed by atoms with Gasteiger partial charge in [0.05, 0.1) is 12.1 Å². The molecule has 0 aliphatic rings. The van der Waals surface area contributed by atoms with Crippen molar-refractivity contribution in [3.8, 4) is 0 Å². The molecule has 0 spiro atoms. The molecular formula is C14H15ClN2O2S. The summed E-state index contributed by atoms with van der Waals surface area (Å²) >= 11 is 7.65. The fourth-order valence-electron chi connectivity index (χ4n) is 1.77. The molecule has 1 heterocycles. The quantitative estimate of drug-likeness (QED) is 0.888. The zero-order chi connectivity index (χ0) is 14.5. The standard InChI is InChI=1S/C14H15ClN2O2S/c1-17(8-10-4-2-3-5-12(10)15)14-16-11(9-20-14)6-7-13(18)19/h2-5,9H,6-8H2,1H3,(H,18,19). The van der Waals surface area contributed by atoms with Crippen LogP contribution in [0.1, 0.15) is 17.7 Å². The van der Waals surface area contributed by atoms with E-state index in [2.05, 4.69) is 4.98 Å². The summed E-state index contributed by atoms with van der Waals surface area (Å²) in [4.78, 5) is 17.0. The van der Waals surface area contributed by atoms with Gasteiger partial charge in [-0.15, -0.1) is 11.3 Å². The van der Waals surface area contributed by atoms with Crippen molar-refractivity contribution in [1.82, 2.24) is 4.98 Å². The molecule has 20 heavy (non-hydrogen) atoms. The van der Waals surface area contributed by atoms with Crippen LogP contribution < -0.4 is 4.90 Å². The summed E-state index contributed by atoms with van der Waals surface area (Å²) in [6.45, 7) is 0.672. The van der Waals surface area contributed by atoms with Crippen LogP contribution in [0, 0.1) is 0 Å². The fraction of sp³-hybridized carbons (Fsp3) is 0.286. The number of benzene rings is 1. The van der Waals surface area contributed by atoms with E-state index < -0.39 is 5.97 Å². The molecule has 0 saturated carbocycles. The maximum atomic E-state index is 10.5. The molecule has 0 amide bonds. The van der Waals surface area contributed by atoms with Gasteiger partial charge in [-0.1, -0.05) is 29.8 Å². The van der Waals surface area contributed by atoms with E-state index in [0.717, 1.165) is 21.4 Å². The molecule has 2 aromatic rings. The maximum Gasteiger partial charge on any atom is 0.303 e. The van der Waals surface area contributed by atoms with Gasteiger partial charge in [-0.2, -0.15) is 0 Å². The van der Waals surface area contributed by atoms with Gasteiger partial charge in [0.2, 0.25) is 0 Å². The van der Waals surface area contributed by atoms with Gasteiger partial charge in [0.15, 0.2) is 5.13 Å². The molecule has 1 N–H and O–H groups in total. The summed E-state index contributed by atoms with van der Waals surface area (Å²) < 4.78 is 0. The van der Waals surface area contributed by atoms with Crippen LogP contribution in [0.5, 0.6) is 0 Å². The van der Waals surface area contributed by atoms with E-state index in [1.54, 1.807) is 0 Å². The number of aliphatic carboxylic acids is 1. The molecular weight excluding hydrogens is 296 g/mol. The molecule has 1 aromatic carbocycles. The molecule has 0 bridgehead atoms. The minimum absolute atomic E-state index is 0.109. The second kappa shape index (κ2) is 6.72. The molecule has 0 aliphatic heterocycles. The summed E-state index contributed by atoms with van der Waals surface area (Å²) in [5, 5.41) is 12.2. The minimum Gasteiger partial charge on any atom is -0.481 e. The van der Waals surface area contributed by atoms with Gasteiger partial charge in [0.25, 0.3) is 0 Å². The predicted molar refractivity (Wildman–Crippen MR) is 81.6 cm³/mol. The Kier molecular flexibility index (Phi) is 4.98. The van der Waals surface area contributed by atoms with E-state index in [1.165, 1.54) is 11.3 Å². The topological polar surface area (TPSA) is 53.4 Å². The van der Waals surface area contributed by atoms with Crippen molar-refractivity contribution in [2.24, 2.45) is 0 Å². The van der Waals surface area contributed by atoms with Crippen molar-refractivity contribution in [2.75, 3.05) is 11.9 Å². The SMILES string of the molecule is CN(Cc1ccccc1Cl)c1nc(CCC(=O)O)cs1. The Morgan fingerprint density at radius 2 is 2.20 bits per heavy atom. The second-order valence-electron chi connectivity index (χ2n) is 4.46. The van der Waals surface area contributed by atoms with Gasteiger partial charge in [-0.25, -0.2) is 4.98 Å². The van der Waals surface area contributed by atoms with Crippen molar-refractivity contribution in [2.45, 2.75) is 19.4 Å². The number of rotatable bonds is 6. The highest BCUT2D eigenvalue weighted by Gasteiger charge is 2.10. The number of halogens is 1. The lowest BCUT2D eigenvalue weighted by Crippen LogP contribution is -2.16. The third kappa shape index (κ3) is 3.95. The van der Waals surface area contributed by atoms with Gasteiger partial charge in [-0.05, 0) is 11.6 Å². The zero-order valence-corrected chi connectivity index (χ0v) is 12.6. The fourth-order valence-corrected chi connectivity index (χ4v) is 2.79. The summed E-state index contributed by atoms with van der Waals surface area (Å²) in [7, 11) is 1.95. The number of nitrogens with zero attached hydrogens (tertiary/aromatic N) is 2. The highest BCUT2D eigenvalue weighted by molar-refractivity contribution is 7.13. The average Bonchev–Trinajstić information content (AvgIpc) is 2.88. The van der Waals surface area contributed by atoms with Crippen LogP contribution in [0.4, 0.5) is 5.13 Å². The van der Waals surface area contributed by atoms with Gasteiger partial charge in [0.1, 0.15) is 0 Å². The Hall–Kier alpha value is -1.59. The lowest BCUT2D eigenvalue weighted by atomic mass is 10.2. The first kappa shape index (κ1) is 14.8. The number of carboxylic acids is 1. The van der Waals surface area contributed by atoms with Crippen LogP contribution in [-0.2, 0) is 17.8 Å². The van der Waals surface area contributed by atoms with Crippen LogP contribution in [-0.4, -0.2) is 23.1 Å².